The van der Waals surface area contributed by atoms with Crippen LogP contribution in [0.4, 0.5) is 0 Å². The Kier molecular flexibility index (Phi) is 38.8. The predicted molar refractivity (Wildman–Crippen MR) is 167 cm³/mol. The summed E-state index contributed by atoms with van der Waals surface area (Å²) < 4.78 is 0. The van der Waals surface area contributed by atoms with Crippen LogP contribution in [0, 0.1) is 5.92 Å². The van der Waals surface area contributed by atoms with Crippen molar-refractivity contribution in [1.29, 1.82) is 0 Å². The van der Waals surface area contributed by atoms with Crippen LogP contribution in [0.15, 0.2) is 0 Å². The number of carbonyl (C=O) groups is 3. The highest BCUT2D eigenvalue weighted by molar-refractivity contribution is 5.70. The molecule has 0 rings (SSSR count). The lowest BCUT2D eigenvalue weighted by molar-refractivity contribution is -0.143. The van der Waals surface area contributed by atoms with Gasteiger partial charge in [-0.1, -0.05) is 136 Å². The van der Waals surface area contributed by atoms with Crippen molar-refractivity contribution in [3.8, 4) is 0 Å². The second-order valence-electron chi connectivity index (χ2n) is 11.2. The van der Waals surface area contributed by atoms with Crippen LogP contribution >= 0.6 is 0 Å². The van der Waals surface area contributed by atoms with E-state index in [1.807, 2.05) is 0 Å². The predicted octanol–water partition coefficient (Wildman–Crippen LogP) is 8.60. The van der Waals surface area contributed by atoms with Gasteiger partial charge in [-0.3, -0.25) is 14.4 Å². The van der Waals surface area contributed by atoms with E-state index in [1.54, 1.807) is 0 Å². The summed E-state index contributed by atoms with van der Waals surface area (Å²) in [6.45, 7) is 6.20. The third-order valence-electron chi connectivity index (χ3n) is 7.01. The van der Waals surface area contributed by atoms with Crippen molar-refractivity contribution in [3.63, 3.8) is 0 Å². The van der Waals surface area contributed by atoms with Crippen LogP contribution in [0.3, 0.4) is 0 Å². The lowest BCUT2D eigenvalue weighted by Crippen LogP contribution is -2.23. The topological polar surface area (TPSA) is 152 Å². The number of carboxylic acids is 3. The molecule has 0 saturated carbocycles. The molecule has 0 spiro atoms. The summed E-state index contributed by atoms with van der Waals surface area (Å²) in [5.74, 6) is -2.72. The highest BCUT2D eigenvalue weighted by Crippen LogP contribution is 2.17. The first-order valence-corrected chi connectivity index (χ1v) is 16.6. The van der Waals surface area contributed by atoms with Gasteiger partial charge in [-0.25, -0.2) is 0 Å². The first-order chi connectivity index (χ1) is 19.7. The van der Waals surface area contributed by atoms with Gasteiger partial charge in [0, 0.05) is 12.8 Å². The van der Waals surface area contributed by atoms with Crippen molar-refractivity contribution < 1.29 is 39.9 Å². The molecule has 0 bridgehead atoms. The molecule has 5 N–H and O–H groups in total. The van der Waals surface area contributed by atoms with Crippen molar-refractivity contribution in [2.24, 2.45) is 5.92 Å². The van der Waals surface area contributed by atoms with E-state index in [0.717, 1.165) is 44.9 Å². The first-order valence-electron chi connectivity index (χ1n) is 16.6. The minimum atomic E-state index is -0.906. The molecule has 41 heavy (non-hydrogen) atoms. The molecular weight excluding hydrogens is 524 g/mol. The van der Waals surface area contributed by atoms with E-state index in [1.165, 1.54) is 83.5 Å². The van der Waals surface area contributed by atoms with E-state index in [4.69, 9.17) is 20.4 Å². The Morgan fingerprint density at radius 1 is 0.512 bits per heavy atom. The van der Waals surface area contributed by atoms with E-state index in [2.05, 4.69) is 20.8 Å². The zero-order valence-corrected chi connectivity index (χ0v) is 26.8. The van der Waals surface area contributed by atoms with Gasteiger partial charge in [0.05, 0.1) is 18.6 Å². The van der Waals surface area contributed by atoms with Crippen LogP contribution in [0.1, 0.15) is 175 Å². The smallest absolute Gasteiger partial charge is 0.306 e. The fourth-order valence-electron chi connectivity index (χ4n) is 4.38. The van der Waals surface area contributed by atoms with Crippen molar-refractivity contribution >= 4 is 17.9 Å². The molecule has 0 aliphatic carbocycles. The molecule has 0 saturated heterocycles. The third-order valence-corrected chi connectivity index (χ3v) is 7.01. The summed E-state index contributed by atoms with van der Waals surface area (Å²) in [7, 11) is 0. The van der Waals surface area contributed by atoms with Crippen LogP contribution in [0.5, 0.6) is 0 Å². The van der Waals surface area contributed by atoms with Crippen molar-refractivity contribution in [2.45, 2.75) is 181 Å². The molecule has 2 unspecified atom stereocenters. The molecule has 0 radical (unpaired) electrons. The minimum absolute atomic E-state index is 0.154. The Morgan fingerprint density at radius 3 is 1.12 bits per heavy atom. The number of rotatable bonds is 27. The minimum Gasteiger partial charge on any atom is -0.481 e. The zero-order chi connectivity index (χ0) is 31.6. The third kappa shape index (κ3) is 42.9. The van der Waals surface area contributed by atoms with Crippen LogP contribution in [-0.4, -0.2) is 56.2 Å². The summed E-state index contributed by atoms with van der Waals surface area (Å²) in [6, 6.07) is 0. The standard InChI is InChI=1S/C13H26O4.2C10H20O2/c1-2-3-4-5-6-7-8-11(13(16)17)9-12(15)10-14;2*1-2-3-4-5-6-7-8-9-10(11)12/h11-12,14-15H,2-10H2,1H3,(H,16,17);2*2-9H2,1H3,(H,11,12). The van der Waals surface area contributed by atoms with Gasteiger partial charge in [0.25, 0.3) is 0 Å². The van der Waals surface area contributed by atoms with Crippen LogP contribution in [0.25, 0.3) is 0 Å². The lowest BCUT2D eigenvalue weighted by atomic mass is 9.95. The maximum atomic E-state index is 10.9. The van der Waals surface area contributed by atoms with Crippen molar-refractivity contribution in [2.75, 3.05) is 6.61 Å². The van der Waals surface area contributed by atoms with E-state index in [0.29, 0.717) is 19.3 Å². The zero-order valence-electron chi connectivity index (χ0n) is 26.8. The summed E-state index contributed by atoms with van der Waals surface area (Å²) in [5, 5.41) is 43.6. The monoisotopic (exact) mass is 590 g/mol. The molecule has 0 aromatic heterocycles. The molecule has 0 fully saturated rings. The van der Waals surface area contributed by atoms with Gasteiger partial charge in [0.15, 0.2) is 0 Å². The maximum absolute atomic E-state index is 10.9. The largest absolute Gasteiger partial charge is 0.481 e. The van der Waals surface area contributed by atoms with Crippen LogP contribution in [-0.2, 0) is 14.4 Å². The Balaban J connectivity index is -0.000000542. The van der Waals surface area contributed by atoms with Gasteiger partial charge < -0.3 is 25.5 Å². The van der Waals surface area contributed by atoms with Crippen LogP contribution in [0.2, 0.25) is 0 Å². The van der Waals surface area contributed by atoms with Gasteiger partial charge in [0.1, 0.15) is 0 Å². The Bertz CT molecular complexity index is 539. The van der Waals surface area contributed by atoms with E-state index < -0.39 is 29.9 Å². The molecule has 0 amide bonds. The SMILES string of the molecule is CCCCCCCCC(CC(O)CO)C(=O)O.CCCCCCCCCC(=O)O.CCCCCCCCCC(=O)O. The fourth-order valence-corrected chi connectivity index (χ4v) is 4.38. The second-order valence-corrected chi connectivity index (χ2v) is 11.2. The maximum Gasteiger partial charge on any atom is 0.306 e. The van der Waals surface area contributed by atoms with E-state index in [9.17, 15) is 19.5 Å². The van der Waals surface area contributed by atoms with E-state index in [-0.39, 0.29) is 13.0 Å². The quantitative estimate of drug-likeness (QED) is 0.0596. The first kappa shape index (κ1) is 43.8. The molecular formula is C33H66O8. The molecule has 0 aliphatic rings. The van der Waals surface area contributed by atoms with Crippen molar-refractivity contribution in [1.82, 2.24) is 0 Å². The molecule has 0 aromatic rings. The molecule has 8 nitrogen and oxygen atoms in total. The molecule has 2 atom stereocenters. The summed E-state index contributed by atoms with van der Waals surface area (Å²) in [6.07, 6.45) is 23.9. The number of unbranched alkanes of at least 4 members (excludes halogenated alkanes) is 17. The number of hydrogen-bond donors (Lipinski definition) is 5. The molecule has 8 heteroatoms. The number of carboxylic acid groups (broad SMARTS) is 3. The lowest BCUT2D eigenvalue weighted by Gasteiger charge is -2.15. The van der Waals surface area contributed by atoms with Crippen molar-refractivity contribution in [3.05, 3.63) is 0 Å². The fraction of sp³-hybridized carbons (Fsp3) is 0.909. The molecule has 0 heterocycles. The summed E-state index contributed by atoms with van der Waals surface area (Å²) in [4.78, 5) is 31.2. The summed E-state index contributed by atoms with van der Waals surface area (Å²) >= 11 is 0. The summed E-state index contributed by atoms with van der Waals surface area (Å²) in [5.41, 5.74) is 0. The highest BCUT2D eigenvalue weighted by Gasteiger charge is 2.20. The average molecular weight is 591 g/mol. The van der Waals surface area contributed by atoms with E-state index >= 15 is 0 Å². The molecule has 0 aromatic carbocycles. The Morgan fingerprint density at radius 2 is 0.829 bits per heavy atom. The molecule has 0 aliphatic heterocycles. The average Bonchev–Trinajstić information content (AvgIpc) is 2.93. The highest BCUT2D eigenvalue weighted by atomic mass is 16.4. The Labute approximate surface area is 251 Å². The number of aliphatic hydroxyl groups excluding tert-OH is 2. The number of hydrogen-bond acceptors (Lipinski definition) is 5. The van der Waals surface area contributed by atoms with Crippen LogP contribution < -0.4 is 0 Å². The van der Waals surface area contributed by atoms with Gasteiger partial charge >= 0.3 is 17.9 Å². The normalized spacial score (nSPS) is 11.9. The number of aliphatic hydroxyl groups is 2. The Hall–Kier alpha value is -1.67. The van der Waals surface area contributed by atoms with Gasteiger partial charge in [-0.2, -0.15) is 0 Å². The molecule has 246 valence electrons. The second kappa shape index (κ2) is 36.4. The van der Waals surface area contributed by atoms with Gasteiger partial charge in [0.2, 0.25) is 0 Å². The number of aliphatic carboxylic acids is 3. The van der Waals surface area contributed by atoms with Gasteiger partial charge in [-0.15, -0.1) is 0 Å². The van der Waals surface area contributed by atoms with Gasteiger partial charge in [-0.05, 0) is 25.7 Å².